The normalized spacial score (nSPS) is 15.1. The fraction of sp³-hybridized carbons (Fsp3) is 0.583. The van der Waals surface area contributed by atoms with Gasteiger partial charge in [0.25, 0.3) is 0 Å². The summed E-state index contributed by atoms with van der Waals surface area (Å²) < 4.78 is 5.08. The molecular weight excluding hydrogens is 204 g/mol. The van der Waals surface area contributed by atoms with Crippen molar-refractivity contribution in [3.05, 3.63) is 23.4 Å². The monoisotopic (exact) mass is 224 g/mol. The summed E-state index contributed by atoms with van der Waals surface area (Å²) in [6, 6.07) is 1.86. The highest BCUT2D eigenvalue weighted by molar-refractivity contribution is 5.45. The molecule has 1 heterocycles. The van der Waals surface area contributed by atoms with Crippen molar-refractivity contribution in [2.45, 2.75) is 26.4 Å². The van der Waals surface area contributed by atoms with Crippen LogP contribution in [0.25, 0.3) is 0 Å². The lowest BCUT2D eigenvalue weighted by atomic mass is 9.84. The Morgan fingerprint density at radius 2 is 2.19 bits per heavy atom. The number of nitrogens with zero attached hydrogens (tertiary/aromatic N) is 1. The number of aromatic nitrogens is 1. The minimum Gasteiger partial charge on any atom is -0.383 e. The van der Waals surface area contributed by atoms with Gasteiger partial charge in [0.15, 0.2) is 0 Å². The van der Waals surface area contributed by atoms with Crippen molar-refractivity contribution in [2.75, 3.05) is 19.5 Å². The van der Waals surface area contributed by atoms with E-state index in [2.05, 4.69) is 4.98 Å². The number of rotatable bonds is 4. The third-order valence-electron chi connectivity index (χ3n) is 2.84. The fourth-order valence-corrected chi connectivity index (χ4v) is 1.70. The zero-order valence-electron chi connectivity index (χ0n) is 10.3. The van der Waals surface area contributed by atoms with E-state index in [9.17, 15) is 5.11 Å². The minimum atomic E-state index is -1.09. The fourth-order valence-electron chi connectivity index (χ4n) is 1.70. The Hall–Kier alpha value is -1.13. The first kappa shape index (κ1) is 12.9. The topological polar surface area (TPSA) is 68.4 Å². The zero-order chi connectivity index (χ0) is 12.3. The Labute approximate surface area is 96.5 Å². The molecule has 4 heteroatoms. The molecule has 0 amide bonds. The van der Waals surface area contributed by atoms with Crippen LogP contribution in [-0.4, -0.2) is 23.8 Å². The summed E-state index contributed by atoms with van der Waals surface area (Å²) in [7, 11) is 1.56. The van der Waals surface area contributed by atoms with Gasteiger partial charge < -0.3 is 15.6 Å². The highest BCUT2D eigenvalue weighted by Crippen LogP contribution is 2.33. The third kappa shape index (κ3) is 2.33. The van der Waals surface area contributed by atoms with E-state index in [1.807, 2.05) is 26.8 Å². The van der Waals surface area contributed by atoms with E-state index in [0.717, 1.165) is 5.56 Å². The van der Waals surface area contributed by atoms with Crippen molar-refractivity contribution < 1.29 is 9.84 Å². The van der Waals surface area contributed by atoms with Crippen LogP contribution in [0.4, 0.5) is 5.82 Å². The van der Waals surface area contributed by atoms with E-state index in [4.69, 9.17) is 10.5 Å². The van der Waals surface area contributed by atoms with Crippen LogP contribution in [0, 0.1) is 12.8 Å². The second-order valence-corrected chi connectivity index (χ2v) is 4.46. The van der Waals surface area contributed by atoms with Gasteiger partial charge in [-0.15, -0.1) is 0 Å². The maximum atomic E-state index is 10.6. The van der Waals surface area contributed by atoms with Crippen molar-refractivity contribution in [2.24, 2.45) is 5.92 Å². The third-order valence-corrected chi connectivity index (χ3v) is 2.84. The first-order valence-corrected chi connectivity index (χ1v) is 5.35. The molecule has 16 heavy (non-hydrogen) atoms. The van der Waals surface area contributed by atoms with Crippen LogP contribution in [0.2, 0.25) is 0 Å². The first-order valence-electron chi connectivity index (χ1n) is 5.35. The van der Waals surface area contributed by atoms with Crippen molar-refractivity contribution in [1.82, 2.24) is 4.98 Å². The van der Waals surface area contributed by atoms with E-state index < -0.39 is 5.60 Å². The SMILES string of the molecule is COCC(O)(c1cc(C)cnc1N)C(C)C. The molecule has 1 rings (SSSR count). The van der Waals surface area contributed by atoms with Gasteiger partial charge >= 0.3 is 0 Å². The summed E-state index contributed by atoms with van der Waals surface area (Å²) in [6.07, 6.45) is 1.69. The number of anilines is 1. The predicted molar refractivity (Wildman–Crippen MR) is 64.0 cm³/mol. The largest absolute Gasteiger partial charge is 0.383 e. The molecule has 0 spiro atoms. The summed E-state index contributed by atoms with van der Waals surface area (Å²) in [5.41, 5.74) is 6.35. The second-order valence-electron chi connectivity index (χ2n) is 4.46. The van der Waals surface area contributed by atoms with Crippen molar-refractivity contribution in [3.8, 4) is 0 Å². The summed E-state index contributed by atoms with van der Waals surface area (Å²) in [6.45, 7) is 5.99. The molecule has 1 aromatic heterocycles. The second kappa shape index (κ2) is 4.80. The van der Waals surface area contributed by atoms with E-state index in [-0.39, 0.29) is 12.5 Å². The molecule has 0 bridgehead atoms. The average molecular weight is 224 g/mol. The maximum absolute atomic E-state index is 10.6. The minimum absolute atomic E-state index is 0.00153. The molecular formula is C12H20N2O2. The number of nitrogen functional groups attached to an aromatic ring is 1. The summed E-state index contributed by atoms with van der Waals surface area (Å²) in [4.78, 5) is 4.07. The van der Waals surface area contributed by atoms with E-state index >= 15 is 0 Å². The van der Waals surface area contributed by atoms with Crippen molar-refractivity contribution >= 4 is 5.82 Å². The molecule has 0 aliphatic heterocycles. The van der Waals surface area contributed by atoms with Crippen LogP contribution in [0.3, 0.4) is 0 Å². The van der Waals surface area contributed by atoms with Gasteiger partial charge in [-0.25, -0.2) is 4.98 Å². The van der Waals surface area contributed by atoms with Crippen LogP contribution in [0.1, 0.15) is 25.0 Å². The molecule has 0 saturated carbocycles. The molecule has 0 aliphatic carbocycles. The maximum Gasteiger partial charge on any atom is 0.129 e. The number of aliphatic hydroxyl groups is 1. The Morgan fingerprint density at radius 1 is 1.56 bits per heavy atom. The number of aryl methyl sites for hydroxylation is 1. The van der Waals surface area contributed by atoms with Crippen LogP contribution < -0.4 is 5.73 Å². The van der Waals surface area contributed by atoms with Crippen LogP contribution in [0.5, 0.6) is 0 Å². The molecule has 1 aromatic rings. The molecule has 0 aromatic carbocycles. The number of hydrogen-bond acceptors (Lipinski definition) is 4. The van der Waals surface area contributed by atoms with Gasteiger partial charge in [-0.3, -0.25) is 0 Å². The lowest BCUT2D eigenvalue weighted by Crippen LogP contribution is -2.38. The molecule has 0 saturated heterocycles. The van der Waals surface area contributed by atoms with Gasteiger partial charge in [-0.2, -0.15) is 0 Å². The predicted octanol–water partition coefficient (Wildman–Crippen LogP) is 1.46. The molecule has 1 unspecified atom stereocenters. The summed E-state index contributed by atoms with van der Waals surface area (Å²) >= 11 is 0. The van der Waals surface area contributed by atoms with E-state index in [1.165, 1.54) is 0 Å². The van der Waals surface area contributed by atoms with Crippen molar-refractivity contribution in [3.63, 3.8) is 0 Å². The highest BCUT2D eigenvalue weighted by atomic mass is 16.5. The molecule has 0 fully saturated rings. The zero-order valence-corrected chi connectivity index (χ0v) is 10.3. The number of ether oxygens (including phenoxy) is 1. The smallest absolute Gasteiger partial charge is 0.129 e. The number of methoxy groups -OCH3 is 1. The van der Waals surface area contributed by atoms with E-state index in [1.54, 1.807) is 13.3 Å². The highest BCUT2D eigenvalue weighted by Gasteiger charge is 2.35. The Balaban J connectivity index is 3.25. The standard InChI is InChI=1S/C12H20N2O2/c1-8(2)12(15,7-16-4)10-5-9(3)6-14-11(10)13/h5-6,8,15H,7H2,1-4H3,(H2,13,14). The van der Waals surface area contributed by atoms with Crippen LogP contribution in [0.15, 0.2) is 12.3 Å². The van der Waals surface area contributed by atoms with Gasteiger partial charge in [-0.1, -0.05) is 13.8 Å². The first-order chi connectivity index (χ1) is 7.41. The van der Waals surface area contributed by atoms with Gasteiger partial charge in [0.2, 0.25) is 0 Å². The lowest BCUT2D eigenvalue weighted by molar-refractivity contribution is -0.0696. The molecule has 0 aliphatic rings. The number of pyridine rings is 1. The molecule has 90 valence electrons. The van der Waals surface area contributed by atoms with Crippen LogP contribution in [-0.2, 0) is 10.3 Å². The lowest BCUT2D eigenvalue weighted by Gasteiger charge is -2.32. The van der Waals surface area contributed by atoms with Gasteiger partial charge in [0.05, 0.1) is 6.61 Å². The molecule has 3 N–H and O–H groups in total. The Kier molecular flexibility index (Phi) is 3.88. The van der Waals surface area contributed by atoms with Gasteiger partial charge in [0.1, 0.15) is 11.4 Å². The van der Waals surface area contributed by atoms with Gasteiger partial charge in [-0.05, 0) is 24.5 Å². The number of hydrogen-bond donors (Lipinski definition) is 2. The molecule has 4 nitrogen and oxygen atoms in total. The molecule has 0 radical (unpaired) electrons. The molecule has 1 atom stereocenters. The van der Waals surface area contributed by atoms with E-state index in [0.29, 0.717) is 11.4 Å². The number of nitrogens with two attached hydrogens (primary N) is 1. The quantitative estimate of drug-likeness (QED) is 0.812. The Bertz CT molecular complexity index is 366. The summed E-state index contributed by atoms with van der Waals surface area (Å²) in [5.74, 6) is 0.359. The Morgan fingerprint density at radius 3 is 2.69 bits per heavy atom. The average Bonchev–Trinajstić information content (AvgIpc) is 2.21. The van der Waals surface area contributed by atoms with Crippen molar-refractivity contribution in [1.29, 1.82) is 0 Å². The van der Waals surface area contributed by atoms with Gasteiger partial charge in [0, 0.05) is 18.9 Å². The van der Waals surface area contributed by atoms with Crippen LogP contribution >= 0.6 is 0 Å². The summed E-state index contributed by atoms with van der Waals surface area (Å²) in [5, 5.41) is 10.6.